The number of hydrogen-bond acceptors (Lipinski definition) is 5. The number of rotatable bonds is 5. The van der Waals surface area contributed by atoms with Gasteiger partial charge in [-0.25, -0.2) is 0 Å². The number of nitrogens with zero attached hydrogens (tertiary/aromatic N) is 1. The van der Waals surface area contributed by atoms with Crippen molar-refractivity contribution < 1.29 is 19.0 Å². The lowest BCUT2D eigenvalue weighted by molar-refractivity contribution is -0.142. The Bertz CT molecular complexity index is 829. The van der Waals surface area contributed by atoms with Gasteiger partial charge >= 0.3 is 5.97 Å². The zero-order valence-corrected chi connectivity index (χ0v) is 20.0. The molecule has 1 saturated carbocycles. The van der Waals surface area contributed by atoms with Crippen molar-refractivity contribution >= 4 is 5.97 Å². The Morgan fingerprint density at radius 3 is 2.59 bits per heavy atom. The summed E-state index contributed by atoms with van der Waals surface area (Å²) >= 11 is 0. The van der Waals surface area contributed by atoms with E-state index in [4.69, 9.17) is 14.2 Å². The van der Waals surface area contributed by atoms with E-state index in [-0.39, 0.29) is 17.7 Å². The number of methoxy groups -OCH3 is 1. The Balaban J connectivity index is 1.14. The molecule has 3 aliphatic heterocycles. The number of fused-ring (bicyclic) bond motifs is 1. The number of benzene rings is 1. The summed E-state index contributed by atoms with van der Waals surface area (Å²) in [5, 5.41) is 0. The zero-order valence-electron chi connectivity index (χ0n) is 20.0. The summed E-state index contributed by atoms with van der Waals surface area (Å²) in [6.07, 6.45) is 7.82. The average Bonchev–Trinajstić information content (AvgIpc) is 3.51. The van der Waals surface area contributed by atoms with E-state index >= 15 is 0 Å². The lowest BCUT2D eigenvalue weighted by atomic mass is 9.74. The van der Waals surface area contributed by atoms with E-state index in [1.807, 2.05) is 0 Å². The number of carbonyl (C=O) groups excluding carboxylic acids is 1. The summed E-state index contributed by atoms with van der Waals surface area (Å²) < 4.78 is 17.2. The number of ether oxygens (including phenoxy) is 3. The fourth-order valence-corrected chi connectivity index (χ4v) is 6.54. The Labute approximate surface area is 192 Å². The van der Waals surface area contributed by atoms with E-state index in [9.17, 15) is 4.79 Å². The molecule has 1 aliphatic carbocycles. The number of hydrogen-bond donors (Lipinski definition) is 0. The van der Waals surface area contributed by atoms with Crippen molar-refractivity contribution in [1.29, 1.82) is 0 Å². The molecule has 32 heavy (non-hydrogen) atoms. The lowest BCUT2D eigenvalue weighted by Gasteiger charge is -2.31. The summed E-state index contributed by atoms with van der Waals surface area (Å²) in [4.78, 5) is 14.2. The van der Waals surface area contributed by atoms with Gasteiger partial charge in [-0.1, -0.05) is 18.2 Å². The van der Waals surface area contributed by atoms with Crippen molar-refractivity contribution in [3.8, 4) is 0 Å². The van der Waals surface area contributed by atoms with Gasteiger partial charge in [0, 0.05) is 25.6 Å². The molecular formula is C27H39NO4. The minimum Gasteiger partial charge on any atom is -0.469 e. The second kappa shape index (κ2) is 9.08. The quantitative estimate of drug-likeness (QED) is 0.601. The highest BCUT2D eigenvalue weighted by molar-refractivity contribution is 5.69. The topological polar surface area (TPSA) is 48.0 Å². The maximum atomic E-state index is 11.6. The lowest BCUT2D eigenvalue weighted by Crippen LogP contribution is -2.31. The van der Waals surface area contributed by atoms with Crippen LogP contribution in [0.5, 0.6) is 0 Å². The highest BCUT2D eigenvalue weighted by Crippen LogP contribution is 2.44. The third-order valence-electron chi connectivity index (χ3n) is 8.53. The summed E-state index contributed by atoms with van der Waals surface area (Å²) in [7, 11) is 1.49. The van der Waals surface area contributed by atoms with Gasteiger partial charge in [-0.15, -0.1) is 0 Å². The van der Waals surface area contributed by atoms with Crippen LogP contribution in [0.1, 0.15) is 81.6 Å². The van der Waals surface area contributed by atoms with Crippen LogP contribution in [0.15, 0.2) is 18.2 Å². The molecule has 3 unspecified atom stereocenters. The van der Waals surface area contributed by atoms with Crippen molar-refractivity contribution in [2.24, 2.45) is 17.8 Å². The van der Waals surface area contributed by atoms with Crippen LogP contribution in [-0.4, -0.2) is 42.8 Å². The normalized spacial score (nSPS) is 34.5. The standard InChI is InChI=1S/C27H39NO4/c1-27(2)13-24(17-32-27)28-14-21-9-8-20(11-22(21)15-28)25-12-23(16-31-25)19-6-4-18(5-7-19)10-26(29)30-3/h8-9,11,18-19,23-25H,4-7,10,12-17H2,1-3H3. The van der Waals surface area contributed by atoms with Crippen LogP contribution in [0, 0.1) is 17.8 Å². The highest BCUT2D eigenvalue weighted by atomic mass is 16.5. The van der Waals surface area contributed by atoms with Crippen LogP contribution in [-0.2, 0) is 32.1 Å². The van der Waals surface area contributed by atoms with Gasteiger partial charge < -0.3 is 14.2 Å². The minimum absolute atomic E-state index is 0.00967. The molecule has 0 aromatic heterocycles. The molecule has 5 heteroatoms. The molecule has 0 radical (unpaired) electrons. The van der Waals surface area contributed by atoms with E-state index in [0.717, 1.165) is 57.9 Å². The van der Waals surface area contributed by atoms with Gasteiger partial charge in [-0.2, -0.15) is 0 Å². The second-order valence-electron chi connectivity index (χ2n) is 11.2. The molecule has 5 nitrogen and oxygen atoms in total. The van der Waals surface area contributed by atoms with E-state index in [1.54, 1.807) is 0 Å². The van der Waals surface area contributed by atoms with Crippen molar-refractivity contribution in [3.05, 3.63) is 34.9 Å². The largest absolute Gasteiger partial charge is 0.469 e. The maximum absolute atomic E-state index is 11.6. The summed E-state index contributed by atoms with van der Waals surface area (Å²) in [6.45, 7) is 8.22. The fraction of sp³-hybridized carbons (Fsp3) is 0.741. The summed E-state index contributed by atoms with van der Waals surface area (Å²) in [5.41, 5.74) is 4.31. The summed E-state index contributed by atoms with van der Waals surface area (Å²) in [6, 6.07) is 7.58. The first-order chi connectivity index (χ1) is 15.4. The molecule has 0 amide bonds. The van der Waals surface area contributed by atoms with Gasteiger partial charge in [0.1, 0.15) is 0 Å². The van der Waals surface area contributed by atoms with Crippen LogP contribution in [0.4, 0.5) is 0 Å². The highest BCUT2D eigenvalue weighted by Gasteiger charge is 2.38. The second-order valence-corrected chi connectivity index (χ2v) is 11.2. The molecule has 0 spiro atoms. The van der Waals surface area contributed by atoms with E-state index in [0.29, 0.717) is 24.3 Å². The van der Waals surface area contributed by atoms with E-state index in [1.165, 1.54) is 36.6 Å². The van der Waals surface area contributed by atoms with Crippen molar-refractivity contribution in [2.45, 2.75) is 89.6 Å². The first-order valence-corrected chi connectivity index (χ1v) is 12.6. The first-order valence-electron chi connectivity index (χ1n) is 12.6. The van der Waals surface area contributed by atoms with E-state index < -0.39 is 0 Å². The van der Waals surface area contributed by atoms with Crippen LogP contribution < -0.4 is 0 Å². The Morgan fingerprint density at radius 1 is 1.09 bits per heavy atom. The molecule has 1 aromatic rings. The molecule has 2 saturated heterocycles. The zero-order chi connectivity index (χ0) is 22.3. The Kier molecular flexibility index (Phi) is 6.34. The van der Waals surface area contributed by atoms with Gasteiger partial charge in [0.15, 0.2) is 0 Å². The smallest absolute Gasteiger partial charge is 0.305 e. The molecule has 1 aromatic carbocycles. The molecule has 3 atom stereocenters. The minimum atomic E-state index is -0.0583. The van der Waals surface area contributed by atoms with Crippen molar-refractivity contribution in [2.75, 3.05) is 20.3 Å². The third-order valence-corrected chi connectivity index (χ3v) is 8.53. The maximum Gasteiger partial charge on any atom is 0.305 e. The molecule has 0 bridgehead atoms. The van der Waals surface area contributed by atoms with Gasteiger partial charge in [0.05, 0.1) is 32.0 Å². The molecule has 0 N–H and O–H groups in total. The molecule has 4 aliphatic rings. The predicted molar refractivity (Wildman–Crippen MR) is 123 cm³/mol. The number of carbonyl (C=O) groups is 1. The van der Waals surface area contributed by atoms with Gasteiger partial charge in [-0.3, -0.25) is 9.69 Å². The molecule has 3 fully saturated rings. The van der Waals surface area contributed by atoms with E-state index in [2.05, 4.69) is 36.9 Å². The SMILES string of the molecule is COC(=O)CC1CCC(C2COC(c3ccc4c(c3)CN(C3COC(C)(C)C3)C4)C2)CC1. The Morgan fingerprint density at radius 2 is 1.88 bits per heavy atom. The monoisotopic (exact) mass is 441 g/mol. The van der Waals surface area contributed by atoms with Crippen molar-refractivity contribution in [1.82, 2.24) is 4.90 Å². The average molecular weight is 442 g/mol. The number of esters is 1. The van der Waals surface area contributed by atoms with Crippen LogP contribution in [0.2, 0.25) is 0 Å². The van der Waals surface area contributed by atoms with Crippen LogP contribution in [0.3, 0.4) is 0 Å². The predicted octanol–water partition coefficient (Wildman–Crippen LogP) is 5.02. The fourth-order valence-electron chi connectivity index (χ4n) is 6.54. The molecular weight excluding hydrogens is 402 g/mol. The molecule has 176 valence electrons. The molecule has 3 heterocycles. The Hall–Kier alpha value is -1.43. The van der Waals surface area contributed by atoms with Crippen molar-refractivity contribution in [3.63, 3.8) is 0 Å². The van der Waals surface area contributed by atoms with Gasteiger partial charge in [0.25, 0.3) is 0 Å². The molecule has 5 rings (SSSR count). The van der Waals surface area contributed by atoms with Gasteiger partial charge in [-0.05, 0) is 86.8 Å². The summed E-state index contributed by atoms with van der Waals surface area (Å²) in [5.74, 6) is 1.84. The van der Waals surface area contributed by atoms with Crippen LogP contribution >= 0.6 is 0 Å². The van der Waals surface area contributed by atoms with Gasteiger partial charge in [0.2, 0.25) is 0 Å². The first kappa shape index (κ1) is 22.4. The third kappa shape index (κ3) is 4.76. The van der Waals surface area contributed by atoms with Crippen LogP contribution in [0.25, 0.3) is 0 Å².